The number of rotatable bonds is 3. The van der Waals surface area contributed by atoms with E-state index in [4.69, 9.17) is 0 Å². The number of aryl methyl sites for hydroxylation is 2. The highest BCUT2D eigenvalue weighted by Crippen LogP contribution is 2.48. The van der Waals surface area contributed by atoms with Crippen LogP contribution in [-0.2, 0) is 19.7 Å². The monoisotopic (exact) mass is 232 g/mol. The third-order valence-corrected chi connectivity index (χ3v) is 3.49. The van der Waals surface area contributed by atoms with E-state index in [9.17, 15) is 5.11 Å². The summed E-state index contributed by atoms with van der Waals surface area (Å²) in [5.41, 5.74) is -1.06. The maximum Gasteiger partial charge on any atom is 0.183 e. The molecule has 0 spiro atoms. The van der Waals surface area contributed by atoms with Crippen molar-refractivity contribution in [3.05, 3.63) is 36.4 Å². The average molecular weight is 232 g/mol. The zero-order valence-electron chi connectivity index (χ0n) is 10.0. The minimum absolute atomic E-state index is 0.227. The molecule has 1 saturated carbocycles. The van der Waals surface area contributed by atoms with Crippen LogP contribution in [0.4, 0.5) is 0 Å². The first-order valence-electron chi connectivity index (χ1n) is 5.82. The Bertz CT molecular complexity index is 498. The number of aliphatic hydroxyl groups is 1. The molecule has 2 heterocycles. The van der Waals surface area contributed by atoms with E-state index in [1.807, 2.05) is 35.6 Å². The Morgan fingerprint density at radius 2 is 1.59 bits per heavy atom. The maximum absolute atomic E-state index is 11.1. The van der Waals surface area contributed by atoms with Crippen molar-refractivity contribution in [1.29, 1.82) is 0 Å². The molecule has 0 atom stereocenters. The van der Waals surface area contributed by atoms with Crippen LogP contribution in [-0.4, -0.2) is 24.2 Å². The Labute approximate surface area is 99.7 Å². The van der Waals surface area contributed by atoms with Gasteiger partial charge < -0.3 is 14.2 Å². The molecule has 0 unspecified atom stereocenters. The van der Waals surface area contributed by atoms with Crippen molar-refractivity contribution >= 4 is 0 Å². The summed E-state index contributed by atoms with van der Waals surface area (Å²) in [5, 5.41) is 11.1. The van der Waals surface area contributed by atoms with Crippen molar-refractivity contribution in [1.82, 2.24) is 19.1 Å². The van der Waals surface area contributed by atoms with Crippen LogP contribution in [0.25, 0.3) is 0 Å². The molecular weight excluding hydrogens is 216 g/mol. The highest BCUT2D eigenvalue weighted by atomic mass is 16.3. The summed E-state index contributed by atoms with van der Waals surface area (Å²) >= 11 is 0. The molecule has 0 aromatic carbocycles. The van der Waals surface area contributed by atoms with Crippen molar-refractivity contribution in [3.8, 4) is 0 Å². The second kappa shape index (κ2) is 3.43. The summed E-state index contributed by atoms with van der Waals surface area (Å²) in [6.07, 6.45) is 9.18. The van der Waals surface area contributed by atoms with Gasteiger partial charge in [0.05, 0.1) is 0 Å². The lowest BCUT2D eigenvalue weighted by Gasteiger charge is -2.27. The summed E-state index contributed by atoms with van der Waals surface area (Å²) < 4.78 is 3.74. The predicted octanol–water partition coefficient (Wildman–Crippen LogP) is 0.799. The molecule has 2 aromatic rings. The van der Waals surface area contributed by atoms with E-state index in [0.29, 0.717) is 11.6 Å². The van der Waals surface area contributed by atoms with Crippen LogP contribution >= 0.6 is 0 Å². The standard InChI is InChI=1S/C12H16N4O/c1-15-7-5-13-10(15)12(17,9-3-4-9)11-14-6-8-16(11)2/h5-9,17H,3-4H2,1-2H3. The van der Waals surface area contributed by atoms with Crippen LogP contribution in [0.15, 0.2) is 24.8 Å². The third kappa shape index (κ3) is 1.42. The topological polar surface area (TPSA) is 55.9 Å². The highest BCUT2D eigenvalue weighted by Gasteiger charge is 2.51. The second-order valence-electron chi connectivity index (χ2n) is 4.76. The number of aromatic nitrogens is 4. The minimum Gasteiger partial charge on any atom is -0.374 e. The van der Waals surface area contributed by atoms with Crippen LogP contribution in [0, 0.1) is 5.92 Å². The van der Waals surface area contributed by atoms with E-state index in [2.05, 4.69) is 9.97 Å². The Morgan fingerprint density at radius 3 is 1.88 bits per heavy atom. The Balaban J connectivity index is 2.17. The SMILES string of the molecule is Cn1ccnc1C(O)(c1nccn1C)C1CC1. The predicted molar refractivity (Wildman–Crippen MR) is 62.1 cm³/mol. The van der Waals surface area contributed by atoms with Crippen molar-refractivity contribution in [3.63, 3.8) is 0 Å². The second-order valence-corrected chi connectivity index (χ2v) is 4.76. The summed E-state index contributed by atoms with van der Waals surface area (Å²) in [4.78, 5) is 8.61. The van der Waals surface area contributed by atoms with Gasteiger partial charge in [-0.05, 0) is 12.8 Å². The molecule has 1 aliphatic carbocycles. The fraction of sp³-hybridized carbons (Fsp3) is 0.500. The summed E-state index contributed by atoms with van der Waals surface area (Å²) in [7, 11) is 3.80. The van der Waals surface area contributed by atoms with Gasteiger partial charge in [-0.15, -0.1) is 0 Å². The van der Waals surface area contributed by atoms with Crippen molar-refractivity contribution in [2.45, 2.75) is 18.4 Å². The first-order chi connectivity index (χ1) is 8.14. The lowest BCUT2D eigenvalue weighted by molar-refractivity contribution is 0.0327. The fourth-order valence-electron chi connectivity index (χ4n) is 2.43. The molecule has 3 rings (SSSR count). The average Bonchev–Trinajstić information content (AvgIpc) is 2.94. The van der Waals surface area contributed by atoms with E-state index in [1.165, 1.54) is 0 Å². The summed E-state index contributed by atoms with van der Waals surface area (Å²) in [6, 6.07) is 0. The van der Waals surface area contributed by atoms with Gasteiger partial charge in [-0.3, -0.25) is 0 Å². The first kappa shape index (κ1) is 10.5. The van der Waals surface area contributed by atoms with Gasteiger partial charge in [0.2, 0.25) is 0 Å². The molecule has 5 nitrogen and oxygen atoms in total. The van der Waals surface area contributed by atoms with E-state index >= 15 is 0 Å². The molecule has 0 bridgehead atoms. The third-order valence-electron chi connectivity index (χ3n) is 3.49. The molecule has 0 saturated heterocycles. The number of hydrogen-bond donors (Lipinski definition) is 1. The van der Waals surface area contributed by atoms with Crippen LogP contribution in [0.5, 0.6) is 0 Å². The Hall–Kier alpha value is -1.62. The lowest BCUT2D eigenvalue weighted by atomic mass is 9.95. The normalized spacial score (nSPS) is 16.4. The summed E-state index contributed by atoms with van der Waals surface area (Å²) in [6.45, 7) is 0. The van der Waals surface area contributed by atoms with Gasteiger partial charge in [0.25, 0.3) is 0 Å². The van der Waals surface area contributed by atoms with Crippen molar-refractivity contribution in [2.75, 3.05) is 0 Å². The molecule has 1 aliphatic rings. The van der Waals surface area contributed by atoms with Gasteiger partial charge >= 0.3 is 0 Å². The molecule has 0 radical (unpaired) electrons. The largest absolute Gasteiger partial charge is 0.374 e. The van der Waals surface area contributed by atoms with E-state index in [1.54, 1.807) is 12.4 Å². The van der Waals surface area contributed by atoms with Gasteiger partial charge in [-0.25, -0.2) is 9.97 Å². The zero-order chi connectivity index (χ0) is 12.0. The fourth-order valence-corrected chi connectivity index (χ4v) is 2.43. The van der Waals surface area contributed by atoms with Crippen LogP contribution < -0.4 is 0 Å². The molecule has 2 aromatic heterocycles. The van der Waals surface area contributed by atoms with Crippen LogP contribution in [0.3, 0.4) is 0 Å². The zero-order valence-corrected chi connectivity index (χ0v) is 10.0. The maximum atomic E-state index is 11.1. The molecule has 0 aliphatic heterocycles. The smallest absolute Gasteiger partial charge is 0.183 e. The molecular formula is C12H16N4O. The van der Waals surface area contributed by atoms with E-state index in [-0.39, 0.29) is 5.92 Å². The quantitative estimate of drug-likeness (QED) is 0.851. The number of nitrogens with zero attached hydrogens (tertiary/aromatic N) is 4. The highest BCUT2D eigenvalue weighted by molar-refractivity contribution is 5.23. The Morgan fingerprint density at radius 1 is 1.12 bits per heavy atom. The van der Waals surface area contributed by atoms with Gasteiger partial charge in [-0.2, -0.15) is 0 Å². The molecule has 1 fully saturated rings. The first-order valence-corrected chi connectivity index (χ1v) is 5.82. The van der Waals surface area contributed by atoms with Gasteiger partial charge in [0, 0.05) is 44.8 Å². The lowest BCUT2D eigenvalue weighted by Crippen LogP contribution is -2.36. The number of hydrogen-bond acceptors (Lipinski definition) is 3. The molecule has 0 amide bonds. The summed E-state index contributed by atoms with van der Waals surface area (Å²) in [5.74, 6) is 1.58. The number of imidazole rings is 2. The van der Waals surface area contributed by atoms with Gasteiger partial charge in [-0.1, -0.05) is 0 Å². The molecule has 5 heteroatoms. The van der Waals surface area contributed by atoms with E-state index < -0.39 is 5.60 Å². The molecule has 17 heavy (non-hydrogen) atoms. The van der Waals surface area contributed by atoms with E-state index in [0.717, 1.165) is 12.8 Å². The van der Waals surface area contributed by atoms with Crippen LogP contribution in [0.1, 0.15) is 24.5 Å². The Kier molecular flexibility index (Phi) is 2.13. The minimum atomic E-state index is -1.06. The van der Waals surface area contributed by atoms with Gasteiger partial charge in [0.15, 0.2) is 5.60 Å². The molecule has 1 N–H and O–H groups in total. The van der Waals surface area contributed by atoms with Crippen molar-refractivity contribution in [2.24, 2.45) is 20.0 Å². The molecule has 90 valence electrons. The van der Waals surface area contributed by atoms with Crippen molar-refractivity contribution < 1.29 is 5.11 Å². The van der Waals surface area contributed by atoms with Crippen LogP contribution in [0.2, 0.25) is 0 Å². The van der Waals surface area contributed by atoms with Gasteiger partial charge in [0.1, 0.15) is 11.6 Å².